The van der Waals surface area contributed by atoms with E-state index in [2.05, 4.69) is 275 Å². The third-order valence-electron chi connectivity index (χ3n) is 14.7. The molecule has 0 radical (unpaired) electrons. The summed E-state index contributed by atoms with van der Waals surface area (Å²) >= 11 is 1.75. The molecule has 4 heterocycles. The molecule has 15 rings (SSSR count). The Hall–Kier alpha value is -9.62. The molecule has 0 bridgehead atoms. The average molecular weight is 962 g/mol. The van der Waals surface area contributed by atoms with Crippen molar-refractivity contribution in [3.8, 4) is 44.5 Å². The number of hydrogen-bond donors (Lipinski definition) is 0. The van der Waals surface area contributed by atoms with E-state index in [1.807, 2.05) is 0 Å². The van der Waals surface area contributed by atoms with Gasteiger partial charge in [0.15, 0.2) is 0 Å². The summed E-state index contributed by atoms with van der Waals surface area (Å²) in [5, 5.41) is 9.61. The minimum absolute atomic E-state index is 0.630. The number of para-hydroxylation sites is 4. The summed E-state index contributed by atoms with van der Waals surface area (Å²) in [7, 11) is 0. The molecular weight excluding hydrogens is 919 g/mol. The largest absolute Gasteiger partial charge is 0.311 e. The quantitative estimate of drug-likeness (QED) is 0.152. The van der Waals surface area contributed by atoms with Crippen LogP contribution in [0.1, 0.15) is 0 Å². The van der Waals surface area contributed by atoms with Crippen molar-refractivity contribution in [1.82, 2.24) is 19.1 Å². The Bertz CT molecular complexity index is 4600. The van der Waals surface area contributed by atoms with E-state index in [9.17, 15) is 0 Å². The van der Waals surface area contributed by atoms with Gasteiger partial charge in [0, 0.05) is 60.3 Å². The Balaban J connectivity index is 0.960. The molecule has 4 aromatic heterocycles. The smallest absolute Gasteiger partial charge is 0.235 e. The summed E-state index contributed by atoms with van der Waals surface area (Å²) in [5.41, 5.74) is 15.1. The first-order valence-corrected chi connectivity index (χ1v) is 25.9. The van der Waals surface area contributed by atoms with Gasteiger partial charge in [-0.3, -0.25) is 4.57 Å². The Morgan fingerprint density at radius 1 is 0.365 bits per heavy atom. The molecule has 0 saturated heterocycles. The van der Waals surface area contributed by atoms with Crippen LogP contribution in [0.25, 0.3) is 120 Å². The highest BCUT2D eigenvalue weighted by atomic mass is 32.1. The van der Waals surface area contributed by atoms with Crippen molar-refractivity contribution in [1.29, 1.82) is 0 Å². The van der Waals surface area contributed by atoms with E-state index in [0.717, 1.165) is 87.4 Å². The van der Waals surface area contributed by atoms with Crippen LogP contribution < -0.4 is 4.90 Å². The third-order valence-corrected chi connectivity index (χ3v) is 15.9. The summed E-state index contributed by atoms with van der Waals surface area (Å²) < 4.78 is 5.79. The van der Waals surface area contributed by atoms with Gasteiger partial charge in [-0.1, -0.05) is 176 Å². The van der Waals surface area contributed by atoms with Gasteiger partial charge < -0.3 is 9.47 Å². The van der Waals surface area contributed by atoms with Gasteiger partial charge in [-0.25, -0.2) is 9.97 Å². The van der Waals surface area contributed by atoms with Gasteiger partial charge in [-0.2, -0.15) is 0 Å². The molecule has 15 aromatic rings. The maximum absolute atomic E-state index is 5.65. The van der Waals surface area contributed by atoms with Gasteiger partial charge >= 0.3 is 0 Å². The molecule has 0 fully saturated rings. The topological polar surface area (TPSA) is 38.9 Å². The second-order valence-electron chi connectivity index (χ2n) is 19.0. The summed E-state index contributed by atoms with van der Waals surface area (Å²) in [4.78, 5) is 14.6. The van der Waals surface area contributed by atoms with Crippen molar-refractivity contribution in [2.24, 2.45) is 0 Å². The van der Waals surface area contributed by atoms with E-state index in [1.54, 1.807) is 11.3 Å². The number of hydrogen-bond acceptors (Lipinski definition) is 4. The summed E-state index contributed by atoms with van der Waals surface area (Å²) in [5.74, 6) is 0.630. The lowest BCUT2D eigenvalue weighted by Gasteiger charge is -2.25. The predicted octanol–water partition coefficient (Wildman–Crippen LogP) is 18.7. The minimum atomic E-state index is 0.630. The lowest BCUT2D eigenvalue weighted by Crippen LogP contribution is -2.09. The molecule has 0 atom stereocenters. The lowest BCUT2D eigenvalue weighted by atomic mass is 9.98. The zero-order chi connectivity index (χ0) is 48.7. The molecule has 5 nitrogen and oxygen atoms in total. The van der Waals surface area contributed by atoms with Crippen molar-refractivity contribution in [2.45, 2.75) is 0 Å². The molecule has 0 aliphatic heterocycles. The zero-order valence-corrected chi connectivity index (χ0v) is 40.8. The van der Waals surface area contributed by atoms with Crippen LogP contribution in [0.5, 0.6) is 0 Å². The van der Waals surface area contributed by atoms with Crippen LogP contribution in [-0.2, 0) is 0 Å². The van der Waals surface area contributed by atoms with Gasteiger partial charge in [0.05, 0.1) is 38.0 Å². The number of aromatic nitrogens is 4. The van der Waals surface area contributed by atoms with Crippen molar-refractivity contribution in [3.63, 3.8) is 0 Å². The van der Waals surface area contributed by atoms with Crippen LogP contribution in [0.4, 0.5) is 17.1 Å². The van der Waals surface area contributed by atoms with Crippen molar-refractivity contribution in [3.05, 3.63) is 261 Å². The standard InChI is InChI=1S/C68H43N5S/c1-5-19-45(20-6-1)63-43-59-67(74-63)65(46-32-36-53(37-33-46)71(50-23-7-2-8-24-50)51-25-9-3-10-26-51)70-68(69-59)73-60-38-35-49(41-57(60)58-40-47-21-13-14-22-48(47)42-62(58)73)55-30-17-31-56-64-54-29-16-15-18-44(54)34-39-61(64)72(66(55)56)52-27-11-4-12-28-52/h1-43H. The lowest BCUT2D eigenvalue weighted by molar-refractivity contribution is 1.02. The van der Waals surface area contributed by atoms with E-state index < -0.39 is 0 Å². The first kappa shape index (κ1) is 42.1. The van der Waals surface area contributed by atoms with Crippen LogP contribution in [0, 0.1) is 0 Å². The Morgan fingerprint density at radius 3 is 1.70 bits per heavy atom. The highest BCUT2D eigenvalue weighted by molar-refractivity contribution is 7.22. The molecule has 0 spiro atoms. The molecule has 6 heteroatoms. The van der Waals surface area contributed by atoms with E-state index in [0.29, 0.717) is 5.95 Å². The maximum Gasteiger partial charge on any atom is 0.235 e. The summed E-state index contributed by atoms with van der Waals surface area (Å²) in [6, 6.07) is 94.0. The van der Waals surface area contributed by atoms with Gasteiger partial charge in [0.1, 0.15) is 0 Å². The van der Waals surface area contributed by atoms with Gasteiger partial charge in [-0.15, -0.1) is 11.3 Å². The van der Waals surface area contributed by atoms with E-state index in [1.165, 1.54) is 43.5 Å². The molecular formula is C68H43N5S. The molecule has 0 aliphatic carbocycles. The minimum Gasteiger partial charge on any atom is -0.311 e. The highest BCUT2D eigenvalue weighted by Gasteiger charge is 2.23. The first-order chi connectivity index (χ1) is 36.7. The van der Waals surface area contributed by atoms with E-state index in [-0.39, 0.29) is 0 Å². The predicted molar refractivity (Wildman–Crippen MR) is 312 cm³/mol. The average Bonchev–Trinajstić information content (AvgIpc) is 4.16. The Kier molecular flexibility index (Phi) is 9.68. The van der Waals surface area contributed by atoms with Crippen LogP contribution in [0.15, 0.2) is 261 Å². The van der Waals surface area contributed by atoms with Crippen molar-refractivity contribution in [2.75, 3.05) is 4.90 Å². The molecule has 0 unspecified atom stereocenters. The van der Waals surface area contributed by atoms with Gasteiger partial charge in [-0.05, 0) is 118 Å². The van der Waals surface area contributed by atoms with Crippen LogP contribution in [-0.4, -0.2) is 19.1 Å². The molecule has 346 valence electrons. The number of benzene rings is 11. The Morgan fingerprint density at radius 2 is 0.959 bits per heavy atom. The van der Waals surface area contributed by atoms with Gasteiger partial charge in [0.25, 0.3) is 0 Å². The molecule has 0 N–H and O–H groups in total. The van der Waals surface area contributed by atoms with E-state index in [4.69, 9.17) is 9.97 Å². The molecule has 0 saturated carbocycles. The number of fused-ring (bicyclic) bond motifs is 10. The number of thiophene rings is 1. The molecule has 0 amide bonds. The van der Waals surface area contributed by atoms with E-state index >= 15 is 0 Å². The first-order valence-electron chi connectivity index (χ1n) is 25.1. The van der Waals surface area contributed by atoms with Crippen LogP contribution >= 0.6 is 11.3 Å². The van der Waals surface area contributed by atoms with Gasteiger partial charge in [0.2, 0.25) is 5.95 Å². The fraction of sp³-hybridized carbons (Fsp3) is 0. The van der Waals surface area contributed by atoms with Crippen LogP contribution in [0.3, 0.4) is 0 Å². The maximum atomic E-state index is 5.65. The molecule has 0 aliphatic rings. The normalized spacial score (nSPS) is 11.8. The number of nitrogens with zero attached hydrogens (tertiary/aromatic N) is 5. The van der Waals surface area contributed by atoms with Crippen LogP contribution in [0.2, 0.25) is 0 Å². The molecule has 11 aromatic carbocycles. The van der Waals surface area contributed by atoms with Crippen molar-refractivity contribution < 1.29 is 0 Å². The fourth-order valence-electron chi connectivity index (χ4n) is 11.3. The molecule has 74 heavy (non-hydrogen) atoms. The highest BCUT2D eigenvalue weighted by Crippen LogP contribution is 2.45. The third kappa shape index (κ3) is 6.77. The second kappa shape index (κ2) is 17.0. The van der Waals surface area contributed by atoms with Crippen molar-refractivity contribution >= 4 is 104 Å². The number of rotatable bonds is 8. The fourth-order valence-corrected chi connectivity index (χ4v) is 12.4. The Labute approximate surface area is 430 Å². The monoisotopic (exact) mass is 961 g/mol. The summed E-state index contributed by atoms with van der Waals surface area (Å²) in [6.07, 6.45) is 0. The second-order valence-corrected chi connectivity index (χ2v) is 20.0. The SMILES string of the molecule is c1ccc(-c2cc3nc(-n4c5ccc(-c6cccc7c8c9ccccc9ccc8n(-c8ccccc8)c67)cc5c5cc6ccccc6cc54)nc(-c4ccc(N(c5ccccc5)c5ccccc5)cc4)c3s2)cc1. The number of anilines is 3. The zero-order valence-electron chi connectivity index (χ0n) is 40.0. The summed E-state index contributed by atoms with van der Waals surface area (Å²) in [6.45, 7) is 0.